The maximum absolute atomic E-state index is 5.53. The second-order valence-corrected chi connectivity index (χ2v) is 18.3. The highest BCUT2D eigenvalue weighted by Crippen LogP contribution is 2.49. The van der Waals surface area contributed by atoms with E-state index in [9.17, 15) is 0 Å². The van der Waals surface area contributed by atoms with Gasteiger partial charge in [0.15, 0.2) is 17.5 Å². The standard InChI is InChI=1S/C65H39N5/c1-2-16-40(17-3-1)41-32-34-44(35-33-41)63-66-64(53-29-14-20-42-18-4-6-21-45(42)53)68-65(67-63)61-46-22-7-5-19-43(46)36-37-58(61)69-56-30-12-11-26-50(56)54-38-60-55(39-59(54)69)52-28-15-27-51-48-24-9-8-23-47(48)49-25-10-13-31-57(49)70(60)62(51)52/h1-39H. The van der Waals surface area contributed by atoms with Crippen LogP contribution < -0.4 is 0 Å². The Labute approximate surface area is 402 Å². The first kappa shape index (κ1) is 38.6. The minimum atomic E-state index is 0.609. The molecule has 0 saturated carbocycles. The number of hydrogen-bond donors (Lipinski definition) is 0. The SMILES string of the molecule is c1ccc(-c2ccc(-c3nc(-c4cccc5ccccc45)nc(-c4c(-n5c6ccccc6c6cc7c(cc65)c5cccc6c5n7-c5ccccc5-c5ccccc5-6)ccc5ccccc45)n3)cc2)cc1. The van der Waals surface area contributed by atoms with Gasteiger partial charge < -0.3 is 9.13 Å². The van der Waals surface area contributed by atoms with E-state index in [1.54, 1.807) is 0 Å². The Morgan fingerprint density at radius 2 is 0.786 bits per heavy atom. The first-order chi connectivity index (χ1) is 34.7. The van der Waals surface area contributed by atoms with E-state index in [0.717, 1.165) is 66.1 Å². The maximum atomic E-state index is 5.53. The summed E-state index contributed by atoms with van der Waals surface area (Å²) >= 11 is 0. The lowest BCUT2D eigenvalue weighted by atomic mass is 9.94. The Morgan fingerprint density at radius 3 is 1.61 bits per heavy atom. The molecule has 15 rings (SSSR count). The average molecular weight is 890 g/mol. The summed E-state index contributed by atoms with van der Waals surface area (Å²) in [6.45, 7) is 0. The van der Waals surface area contributed by atoms with E-state index >= 15 is 0 Å². The van der Waals surface area contributed by atoms with E-state index in [0.29, 0.717) is 17.5 Å². The minimum absolute atomic E-state index is 0.609. The van der Waals surface area contributed by atoms with Crippen molar-refractivity contribution in [3.63, 3.8) is 0 Å². The molecule has 0 atom stereocenters. The van der Waals surface area contributed by atoms with E-state index in [-0.39, 0.29) is 0 Å². The zero-order valence-corrected chi connectivity index (χ0v) is 37.8. The van der Waals surface area contributed by atoms with Crippen molar-refractivity contribution >= 4 is 65.2 Å². The summed E-state index contributed by atoms with van der Waals surface area (Å²) in [7, 11) is 0. The van der Waals surface area contributed by atoms with Gasteiger partial charge in [-0.25, -0.2) is 15.0 Å². The third kappa shape index (κ3) is 5.69. The van der Waals surface area contributed by atoms with Crippen LogP contribution in [0.25, 0.3) is 144 Å². The number of rotatable bonds is 5. The number of fused-ring (bicyclic) bond motifs is 13. The van der Waals surface area contributed by atoms with Crippen molar-refractivity contribution in [2.75, 3.05) is 0 Å². The van der Waals surface area contributed by atoms with Gasteiger partial charge in [-0.3, -0.25) is 0 Å². The normalized spacial score (nSPS) is 12.0. The Bertz CT molecular complexity index is 4460. The maximum Gasteiger partial charge on any atom is 0.166 e. The molecule has 11 aromatic carbocycles. The predicted molar refractivity (Wildman–Crippen MR) is 290 cm³/mol. The molecule has 0 radical (unpaired) electrons. The Hall–Kier alpha value is -9.45. The molecule has 0 saturated heterocycles. The smallest absolute Gasteiger partial charge is 0.166 e. The van der Waals surface area contributed by atoms with E-state index in [2.05, 4.69) is 240 Å². The number of aromatic nitrogens is 5. The summed E-state index contributed by atoms with van der Waals surface area (Å²) in [5, 5.41) is 9.15. The fourth-order valence-electron chi connectivity index (χ4n) is 11.4. The first-order valence-electron chi connectivity index (χ1n) is 23.9. The lowest BCUT2D eigenvalue weighted by molar-refractivity contribution is 1.07. The van der Waals surface area contributed by atoms with Gasteiger partial charge in [-0.15, -0.1) is 0 Å². The van der Waals surface area contributed by atoms with Crippen LogP contribution in [0.4, 0.5) is 0 Å². The minimum Gasteiger partial charge on any atom is -0.308 e. The van der Waals surface area contributed by atoms with Gasteiger partial charge in [0.2, 0.25) is 0 Å². The van der Waals surface area contributed by atoms with Crippen LogP contribution in [-0.4, -0.2) is 24.1 Å². The molecule has 0 fully saturated rings. The highest BCUT2D eigenvalue weighted by Gasteiger charge is 2.27. The van der Waals surface area contributed by atoms with Gasteiger partial charge >= 0.3 is 0 Å². The van der Waals surface area contributed by atoms with Crippen molar-refractivity contribution in [1.82, 2.24) is 24.1 Å². The number of nitrogens with zero attached hydrogens (tertiary/aromatic N) is 5. The second-order valence-electron chi connectivity index (χ2n) is 18.3. The molecule has 4 heterocycles. The zero-order valence-electron chi connectivity index (χ0n) is 37.8. The predicted octanol–water partition coefficient (Wildman–Crippen LogP) is 16.7. The van der Waals surface area contributed by atoms with Crippen LogP contribution in [-0.2, 0) is 0 Å². The highest BCUT2D eigenvalue weighted by atomic mass is 15.1. The quantitative estimate of drug-likeness (QED) is 0.173. The topological polar surface area (TPSA) is 48.5 Å². The van der Waals surface area contributed by atoms with Crippen LogP contribution in [0.5, 0.6) is 0 Å². The lowest BCUT2D eigenvalue weighted by Crippen LogP contribution is -2.04. The summed E-state index contributed by atoms with van der Waals surface area (Å²) in [6, 6.07) is 85.2. The molecule has 0 aliphatic carbocycles. The van der Waals surface area contributed by atoms with Crippen molar-refractivity contribution in [1.29, 1.82) is 0 Å². The van der Waals surface area contributed by atoms with Crippen LogP contribution >= 0.6 is 0 Å². The first-order valence-corrected chi connectivity index (χ1v) is 23.9. The number of para-hydroxylation sites is 3. The van der Waals surface area contributed by atoms with E-state index < -0.39 is 0 Å². The lowest BCUT2D eigenvalue weighted by Gasteiger charge is -2.17. The van der Waals surface area contributed by atoms with Crippen LogP contribution in [0, 0.1) is 0 Å². The molecule has 0 bridgehead atoms. The summed E-state index contributed by atoms with van der Waals surface area (Å²) in [5.74, 6) is 1.85. The molecule has 324 valence electrons. The van der Waals surface area contributed by atoms with Crippen molar-refractivity contribution in [2.24, 2.45) is 0 Å². The molecule has 0 unspecified atom stereocenters. The van der Waals surface area contributed by atoms with E-state index in [4.69, 9.17) is 15.0 Å². The summed E-state index contributed by atoms with van der Waals surface area (Å²) < 4.78 is 4.96. The second kappa shape index (κ2) is 15.0. The van der Waals surface area contributed by atoms with Crippen LogP contribution in [0.15, 0.2) is 237 Å². The molecule has 3 aromatic heterocycles. The molecule has 5 heteroatoms. The number of hydrogen-bond acceptors (Lipinski definition) is 3. The molecule has 14 aromatic rings. The third-order valence-electron chi connectivity index (χ3n) is 14.5. The molecule has 70 heavy (non-hydrogen) atoms. The third-order valence-corrected chi connectivity index (χ3v) is 14.5. The van der Waals surface area contributed by atoms with Gasteiger partial charge in [-0.1, -0.05) is 206 Å². The van der Waals surface area contributed by atoms with Crippen molar-refractivity contribution in [2.45, 2.75) is 0 Å². The van der Waals surface area contributed by atoms with Gasteiger partial charge in [0, 0.05) is 43.8 Å². The van der Waals surface area contributed by atoms with Gasteiger partial charge in [0.05, 0.1) is 39.0 Å². The van der Waals surface area contributed by atoms with Crippen LogP contribution in [0.1, 0.15) is 0 Å². The van der Waals surface area contributed by atoms with Crippen molar-refractivity contribution in [3.8, 4) is 78.9 Å². The van der Waals surface area contributed by atoms with Crippen LogP contribution in [0.3, 0.4) is 0 Å². The molecule has 0 spiro atoms. The molecule has 0 amide bonds. The molecule has 1 aliphatic rings. The van der Waals surface area contributed by atoms with Gasteiger partial charge in [-0.2, -0.15) is 0 Å². The molecule has 5 nitrogen and oxygen atoms in total. The molecular weight excluding hydrogens is 851 g/mol. The zero-order chi connectivity index (χ0) is 45.9. The Balaban J connectivity index is 1.03. The van der Waals surface area contributed by atoms with Crippen molar-refractivity contribution in [3.05, 3.63) is 237 Å². The molecule has 1 aliphatic heterocycles. The summed E-state index contributed by atoms with van der Waals surface area (Å²) in [4.78, 5) is 16.3. The van der Waals surface area contributed by atoms with E-state index in [1.165, 1.54) is 60.5 Å². The fraction of sp³-hybridized carbons (Fsp3) is 0. The Kier molecular flexibility index (Phi) is 8.29. The summed E-state index contributed by atoms with van der Waals surface area (Å²) in [6.07, 6.45) is 0. The van der Waals surface area contributed by atoms with Gasteiger partial charge in [0.25, 0.3) is 0 Å². The Morgan fingerprint density at radius 1 is 0.257 bits per heavy atom. The van der Waals surface area contributed by atoms with Gasteiger partial charge in [0.1, 0.15) is 0 Å². The van der Waals surface area contributed by atoms with E-state index in [1.807, 2.05) is 6.07 Å². The highest BCUT2D eigenvalue weighted by molar-refractivity contribution is 6.22. The monoisotopic (exact) mass is 889 g/mol. The van der Waals surface area contributed by atoms with Crippen molar-refractivity contribution < 1.29 is 0 Å². The average Bonchev–Trinajstić information content (AvgIpc) is 3.89. The van der Waals surface area contributed by atoms with Crippen LogP contribution in [0.2, 0.25) is 0 Å². The molecular formula is C65H39N5. The summed E-state index contributed by atoms with van der Waals surface area (Å²) in [5.41, 5.74) is 16.9. The number of benzene rings is 11. The largest absolute Gasteiger partial charge is 0.308 e. The molecule has 0 N–H and O–H groups in total. The fourth-order valence-corrected chi connectivity index (χ4v) is 11.4. The van der Waals surface area contributed by atoms with Gasteiger partial charge in [-0.05, 0) is 74.1 Å².